The highest BCUT2D eigenvalue weighted by Gasteiger charge is 2.22. The Balaban J connectivity index is 1.73. The molecule has 0 saturated heterocycles. The quantitative estimate of drug-likeness (QED) is 0.208. The Kier molecular flexibility index (Phi) is 6.44. The summed E-state index contributed by atoms with van der Waals surface area (Å²) in [5, 5.41) is 37.2. The molecule has 0 aliphatic heterocycles. The van der Waals surface area contributed by atoms with E-state index in [4.69, 9.17) is 10.1 Å². The maximum Gasteiger partial charge on any atom is 0.488 e. The minimum absolute atomic E-state index is 0.394. The number of benzene rings is 2. The molecule has 0 saturated carbocycles. The van der Waals surface area contributed by atoms with Crippen LogP contribution in [0.25, 0.3) is 22.3 Å². The van der Waals surface area contributed by atoms with E-state index in [0.717, 1.165) is 16.8 Å². The van der Waals surface area contributed by atoms with Gasteiger partial charge in [0.25, 0.3) is 0 Å². The highest BCUT2D eigenvalue weighted by Crippen LogP contribution is 2.34. The summed E-state index contributed by atoms with van der Waals surface area (Å²) in [6.45, 7) is 4.27. The van der Waals surface area contributed by atoms with Crippen molar-refractivity contribution >= 4 is 40.7 Å². The third kappa shape index (κ3) is 4.34. The smallest absolute Gasteiger partial charge is 0.488 e. The topological polar surface area (TPSA) is 156 Å². The van der Waals surface area contributed by atoms with Crippen LogP contribution >= 0.6 is 0 Å². The number of hydrogen-bond acceptors (Lipinski definition) is 8. The molecular formula is C21H23BN6O3S. The van der Waals surface area contributed by atoms with Crippen molar-refractivity contribution in [2.24, 2.45) is 5.14 Å². The van der Waals surface area contributed by atoms with Crippen LogP contribution in [0.1, 0.15) is 23.9 Å². The fourth-order valence-electron chi connectivity index (χ4n) is 3.68. The number of rotatable bonds is 7. The molecule has 1 unspecified atom stereocenters. The van der Waals surface area contributed by atoms with Gasteiger partial charge in [-0.3, -0.25) is 0 Å². The third-order valence-electron chi connectivity index (χ3n) is 5.21. The zero-order valence-corrected chi connectivity index (χ0v) is 18.5. The maximum absolute atomic E-state index is 12.1. The minimum atomic E-state index is -1.67. The van der Waals surface area contributed by atoms with E-state index in [0.29, 0.717) is 51.6 Å². The van der Waals surface area contributed by atoms with Crippen LogP contribution in [0.2, 0.25) is 0 Å². The van der Waals surface area contributed by atoms with Crippen LogP contribution in [0.4, 0.5) is 5.82 Å². The van der Waals surface area contributed by atoms with Crippen LogP contribution in [0, 0.1) is 6.92 Å². The van der Waals surface area contributed by atoms with Crippen molar-refractivity contribution in [3.05, 3.63) is 59.4 Å². The molecule has 2 aromatic carbocycles. The van der Waals surface area contributed by atoms with Gasteiger partial charge in [-0.05, 0) is 36.5 Å². The zero-order valence-electron chi connectivity index (χ0n) is 17.7. The Morgan fingerprint density at radius 3 is 2.69 bits per heavy atom. The average Bonchev–Trinajstić information content (AvgIpc) is 3.13. The largest absolute Gasteiger partial charge is 0.593 e. The highest BCUT2D eigenvalue weighted by molar-refractivity contribution is 7.89. The fraction of sp³-hybridized carbons (Fsp3) is 0.190. The van der Waals surface area contributed by atoms with Crippen LogP contribution in [-0.4, -0.2) is 41.9 Å². The first-order chi connectivity index (χ1) is 15.4. The molecule has 0 fully saturated rings. The van der Waals surface area contributed by atoms with Gasteiger partial charge in [-0.2, -0.15) is 0 Å². The lowest BCUT2D eigenvalue weighted by Crippen LogP contribution is -2.30. The lowest BCUT2D eigenvalue weighted by atomic mass is 9.80. The first kappa shape index (κ1) is 22.2. The monoisotopic (exact) mass is 450 g/mol. The predicted octanol–water partition coefficient (Wildman–Crippen LogP) is 1.16. The van der Waals surface area contributed by atoms with Gasteiger partial charge in [-0.1, -0.05) is 37.3 Å². The van der Waals surface area contributed by atoms with Crippen molar-refractivity contribution in [1.82, 2.24) is 20.2 Å². The fourth-order valence-corrected chi connectivity index (χ4v) is 4.30. The molecule has 11 heteroatoms. The first-order valence-corrected chi connectivity index (χ1v) is 11.3. The van der Waals surface area contributed by atoms with Crippen molar-refractivity contribution in [3.8, 4) is 11.4 Å². The summed E-state index contributed by atoms with van der Waals surface area (Å²) < 4.78 is 12.1. The number of H-pyrrole nitrogens is 1. The van der Waals surface area contributed by atoms with Crippen molar-refractivity contribution in [2.45, 2.75) is 31.7 Å². The number of nitrogens with two attached hydrogens (primary N) is 1. The number of aryl methyl sites for hydroxylation is 2. The summed E-state index contributed by atoms with van der Waals surface area (Å²) in [5.41, 5.74) is 4.30. The summed E-state index contributed by atoms with van der Waals surface area (Å²) in [7, 11) is -1.53. The van der Waals surface area contributed by atoms with E-state index >= 15 is 0 Å². The van der Waals surface area contributed by atoms with Gasteiger partial charge in [-0.25, -0.2) is 4.98 Å². The Bertz CT molecular complexity index is 1260. The molecule has 32 heavy (non-hydrogen) atoms. The van der Waals surface area contributed by atoms with Crippen LogP contribution < -0.4 is 15.9 Å². The third-order valence-corrected chi connectivity index (χ3v) is 5.99. The van der Waals surface area contributed by atoms with E-state index in [-0.39, 0.29) is 0 Å². The second-order valence-electron chi connectivity index (χ2n) is 7.36. The Labute approximate surface area is 188 Å². The van der Waals surface area contributed by atoms with E-state index in [1.165, 1.54) is 0 Å². The summed E-state index contributed by atoms with van der Waals surface area (Å²) in [6, 6.07) is 12.4. The second kappa shape index (κ2) is 9.27. The van der Waals surface area contributed by atoms with Crippen molar-refractivity contribution in [1.29, 1.82) is 0 Å². The SMILES string of the molecule is CCc1nnc(-c2c(C)[nH]c3cccc([S+](N)[O-])c23)nc1NCc1cccc(B(O)O)c1. The Hall–Kier alpha value is -2.96. The molecule has 4 rings (SSSR count). The van der Waals surface area contributed by atoms with Gasteiger partial charge >= 0.3 is 7.12 Å². The zero-order chi connectivity index (χ0) is 22.8. The van der Waals surface area contributed by atoms with E-state index in [2.05, 4.69) is 20.5 Å². The maximum atomic E-state index is 12.1. The van der Waals surface area contributed by atoms with E-state index < -0.39 is 18.5 Å². The Morgan fingerprint density at radius 1 is 1.19 bits per heavy atom. The number of nitrogens with zero attached hydrogens (tertiary/aromatic N) is 3. The summed E-state index contributed by atoms with van der Waals surface area (Å²) in [6.07, 6.45) is 0.628. The lowest BCUT2D eigenvalue weighted by Gasteiger charge is -2.12. The number of aromatic amines is 1. The second-order valence-corrected chi connectivity index (χ2v) is 8.39. The molecule has 0 radical (unpaired) electrons. The summed E-state index contributed by atoms with van der Waals surface area (Å²) in [5.74, 6) is 0.971. The molecule has 0 aliphatic carbocycles. The van der Waals surface area contributed by atoms with Gasteiger partial charge in [0.15, 0.2) is 16.5 Å². The molecule has 4 aromatic rings. The van der Waals surface area contributed by atoms with Gasteiger partial charge in [0.05, 0.1) is 27.8 Å². The van der Waals surface area contributed by atoms with E-state index in [1.807, 2.05) is 26.0 Å². The molecule has 0 amide bonds. The van der Waals surface area contributed by atoms with Crippen LogP contribution in [0.3, 0.4) is 0 Å². The predicted molar refractivity (Wildman–Crippen MR) is 125 cm³/mol. The lowest BCUT2D eigenvalue weighted by molar-refractivity contribution is 0.425. The van der Waals surface area contributed by atoms with Crippen LogP contribution in [-0.2, 0) is 24.3 Å². The first-order valence-electron chi connectivity index (χ1n) is 10.1. The molecule has 2 aromatic heterocycles. The van der Waals surface area contributed by atoms with Crippen LogP contribution in [0.15, 0.2) is 47.4 Å². The van der Waals surface area contributed by atoms with Crippen molar-refractivity contribution in [2.75, 3.05) is 5.32 Å². The number of fused-ring (bicyclic) bond motifs is 1. The molecule has 0 aliphatic rings. The number of hydrogen-bond donors (Lipinski definition) is 5. The molecule has 1 atom stereocenters. The molecule has 2 heterocycles. The number of nitrogens with one attached hydrogen (secondary N) is 2. The minimum Gasteiger partial charge on any atom is -0.593 e. The summed E-state index contributed by atoms with van der Waals surface area (Å²) >= 11 is -1.67. The summed E-state index contributed by atoms with van der Waals surface area (Å²) in [4.78, 5) is 8.50. The van der Waals surface area contributed by atoms with Gasteiger partial charge in [0, 0.05) is 12.2 Å². The van der Waals surface area contributed by atoms with Crippen molar-refractivity contribution < 1.29 is 14.6 Å². The highest BCUT2D eigenvalue weighted by atomic mass is 32.2. The van der Waals surface area contributed by atoms with E-state index in [9.17, 15) is 14.6 Å². The molecule has 0 bridgehead atoms. The van der Waals surface area contributed by atoms with Gasteiger partial charge in [-0.15, -0.1) is 15.3 Å². The Morgan fingerprint density at radius 2 is 1.97 bits per heavy atom. The standard InChI is InChI=1S/C21H23BN6O3S/c1-3-15-20(24-11-13-6-4-7-14(10-13)22(29)30)26-21(28-27-15)18-12(2)25-16-8-5-9-17(19(16)18)32(23)31/h4-10,25,29-30H,3,11,23H2,1-2H3,(H,24,26,28). The molecule has 164 valence electrons. The number of aromatic nitrogens is 4. The molecular weight excluding hydrogens is 427 g/mol. The van der Waals surface area contributed by atoms with E-state index in [1.54, 1.807) is 30.3 Å². The van der Waals surface area contributed by atoms with Gasteiger partial charge < -0.3 is 24.9 Å². The normalized spacial score (nSPS) is 12.2. The van der Waals surface area contributed by atoms with Gasteiger partial charge in [0.2, 0.25) is 0 Å². The van der Waals surface area contributed by atoms with Gasteiger partial charge in [0.1, 0.15) is 5.69 Å². The van der Waals surface area contributed by atoms with Crippen LogP contribution in [0.5, 0.6) is 0 Å². The average molecular weight is 450 g/mol. The van der Waals surface area contributed by atoms with Crippen molar-refractivity contribution in [3.63, 3.8) is 0 Å². The molecule has 0 spiro atoms. The molecule has 6 N–H and O–H groups in total. The number of anilines is 1. The molecule has 9 nitrogen and oxygen atoms in total.